The van der Waals surface area contributed by atoms with E-state index in [9.17, 15) is 19.2 Å². The lowest BCUT2D eigenvalue weighted by Crippen LogP contribution is -2.51. The number of ether oxygens (including phenoxy) is 1. The van der Waals surface area contributed by atoms with Gasteiger partial charge in [0.1, 0.15) is 0 Å². The molecule has 6 atom stereocenters. The third kappa shape index (κ3) is 24.1. The van der Waals surface area contributed by atoms with Crippen molar-refractivity contribution in [1.82, 2.24) is 25.8 Å². The Bertz CT molecular complexity index is 694. The van der Waals surface area contributed by atoms with E-state index < -0.39 is 0 Å². The van der Waals surface area contributed by atoms with E-state index in [-0.39, 0.29) is 43.0 Å². The molecule has 0 radical (unpaired) electrons. The van der Waals surface area contributed by atoms with Crippen molar-refractivity contribution in [3.63, 3.8) is 0 Å². The van der Waals surface area contributed by atoms with Gasteiger partial charge in [0.25, 0.3) is 0 Å². The van der Waals surface area contributed by atoms with E-state index in [2.05, 4.69) is 71.3 Å². The van der Waals surface area contributed by atoms with Gasteiger partial charge in [-0.2, -0.15) is 0 Å². The first-order chi connectivity index (χ1) is 20.7. The number of aliphatic hydroxyl groups excluding tert-OH is 1. The van der Waals surface area contributed by atoms with Gasteiger partial charge in [0.2, 0.25) is 24.6 Å². The van der Waals surface area contributed by atoms with Crippen LogP contribution in [0.4, 0.5) is 0 Å². The first-order valence-corrected chi connectivity index (χ1v) is 16.4. The Balaban J connectivity index is -0.000000256. The van der Waals surface area contributed by atoms with Crippen LogP contribution in [0, 0.1) is 17.8 Å². The van der Waals surface area contributed by atoms with Crippen LogP contribution >= 0.6 is 0 Å². The molecule has 264 valence electrons. The average Bonchev–Trinajstić information content (AvgIpc) is 3.46. The van der Waals surface area contributed by atoms with Crippen molar-refractivity contribution >= 4 is 24.6 Å². The Morgan fingerprint density at radius 1 is 1.05 bits per heavy atom. The van der Waals surface area contributed by atoms with Gasteiger partial charge in [-0.25, -0.2) is 0 Å². The van der Waals surface area contributed by atoms with Crippen LogP contribution in [0.5, 0.6) is 0 Å². The van der Waals surface area contributed by atoms with Gasteiger partial charge >= 0.3 is 0 Å². The van der Waals surface area contributed by atoms with Crippen molar-refractivity contribution in [2.24, 2.45) is 17.8 Å². The summed E-state index contributed by atoms with van der Waals surface area (Å²) >= 11 is 0. The maximum Gasteiger partial charge on any atom is 0.242 e. The van der Waals surface area contributed by atoms with E-state index in [0.717, 1.165) is 31.7 Å². The Morgan fingerprint density at radius 2 is 1.59 bits per heavy atom. The number of rotatable bonds is 14. The number of hydrogen-bond donors (Lipinski definition) is 4. The molecule has 1 fully saturated rings. The number of amides is 4. The summed E-state index contributed by atoms with van der Waals surface area (Å²) < 4.78 is 5.48. The fourth-order valence-electron chi connectivity index (χ4n) is 3.98. The molecule has 0 bridgehead atoms. The van der Waals surface area contributed by atoms with Gasteiger partial charge in [0, 0.05) is 39.8 Å². The molecule has 11 heteroatoms. The lowest BCUT2D eigenvalue weighted by atomic mass is 9.91. The van der Waals surface area contributed by atoms with Crippen LogP contribution in [0.2, 0.25) is 0 Å². The second kappa shape index (κ2) is 32.2. The molecule has 1 rings (SSSR count). The SMILES string of the molecule is CC1CCCN1C=O.CCC.CCC(C)C(C(CC)OC)N(C)C(=O)CNC=O.CNC(=O)C(C)CO.CNC(C)C(C)C. The van der Waals surface area contributed by atoms with Crippen LogP contribution in [0.25, 0.3) is 0 Å². The largest absolute Gasteiger partial charge is 0.396 e. The third-order valence-electron chi connectivity index (χ3n) is 7.65. The summed E-state index contributed by atoms with van der Waals surface area (Å²) in [6.45, 7) is 21.8. The topological polar surface area (TPSA) is 140 Å². The molecule has 1 heterocycles. The van der Waals surface area contributed by atoms with Crippen LogP contribution in [-0.4, -0.2) is 112 Å². The van der Waals surface area contributed by atoms with Crippen molar-refractivity contribution < 1.29 is 29.0 Å². The van der Waals surface area contributed by atoms with E-state index in [1.54, 1.807) is 33.0 Å². The summed E-state index contributed by atoms with van der Waals surface area (Å²) in [5.41, 5.74) is 0. The Morgan fingerprint density at radius 3 is 1.82 bits per heavy atom. The highest BCUT2D eigenvalue weighted by Gasteiger charge is 2.31. The zero-order chi connectivity index (χ0) is 35.3. The van der Waals surface area contributed by atoms with Crippen LogP contribution < -0.4 is 16.0 Å². The van der Waals surface area contributed by atoms with Crippen LogP contribution in [0.15, 0.2) is 0 Å². The van der Waals surface area contributed by atoms with Crippen LogP contribution in [-0.2, 0) is 23.9 Å². The molecule has 0 aromatic carbocycles. The highest BCUT2D eigenvalue weighted by Crippen LogP contribution is 2.21. The molecule has 4 N–H and O–H groups in total. The zero-order valence-corrected chi connectivity index (χ0v) is 30.7. The highest BCUT2D eigenvalue weighted by atomic mass is 16.5. The Kier molecular flexibility index (Phi) is 35.6. The Labute approximate surface area is 270 Å². The number of carbonyl (C=O) groups is 4. The molecule has 6 unspecified atom stereocenters. The summed E-state index contributed by atoms with van der Waals surface area (Å²) in [4.78, 5) is 46.3. The highest BCUT2D eigenvalue weighted by molar-refractivity contribution is 5.80. The average molecular weight is 634 g/mol. The predicted molar refractivity (Wildman–Crippen MR) is 182 cm³/mol. The Hall–Kier alpha value is -2.24. The molecular formula is C33H71N5O6. The second-order valence-corrected chi connectivity index (χ2v) is 11.6. The van der Waals surface area contributed by atoms with Crippen molar-refractivity contribution in [3.05, 3.63) is 0 Å². The smallest absolute Gasteiger partial charge is 0.242 e. The summed E-state index contributed by atoms with van der Waals surface area (Å²) in [7, 11) is 6.98. The number of aliphatic hydroxyl groups is 1. The summed E-state index contributed by atoms with van der Waals surface area (Å²) in [5.74, 6) is 0.612. The van der Waals surface area contributed by atoms with Crippen LogP contribution in [0.3, 0.4) is 0 Å². The molecule has 0 aromatic heterocycles. The number of likely N-dealkylation sites (N-methyl/N-ethyl adjacent to an activating group) is 1. The van der Waals surface area contributed by atoms with Gasteiger partial charge < -0.3 is 35.6 Å². The first-order valence-electron chi connectivity index (χ1n) is 16.4. The van der Waals surface area contributed by atoms with Gasteiger partial charge in [-0.15, -0.1) is 0 Å². The molecule has 0 aliphatic carbocycles. The first kappa shape index (κ1) is 48.7. The fourth-order valence-corrected chi connectivity index (χ4v) is 3.98. The number of nitrogens with one attached hydrogen (secondary N) is 3. The second-order valence-electron chi connectivity index (χ2n) is 11.6. The predicted octanol–water partition coefficient (Wildman–Crippen LogP) is 3.69. The molecule has 1 aliphatic rings. The molecular weight excluding hydrogens is 562 g/mol. The minimum Gasteiger partial charge on any atom is -0.396 e. The molecule has 1 aliphatic heterocycles. The number of nitrogens with zero attached hydrogens (tertiary/aromatic N) is 2. The van der Waals surface area contributed by atoms with E-state index in [4.69, 9.17) is 9.84 Å². The fraction of sp³-hybridized carbons (Fsp3) is 0.879. The number of hydrogen-bond acceptors (Lipinski definition) is 7. The van der Waals surface area contributed by atoms with Crippen molar-refractivity contribution in [2.45, 2.75) is 126 Å². The van der Waals surface area contributed by atoms with Crippen LogP contribution in [0.1, 0.15) is 101 Å². The van der Waals surface area contributed by atoms with Gasteiger partial charge in [0.05, 0.1) is 31.2 Å². The van der Waals surface area contributed by atoms with Gasteiger partial charge in [0.15, 0.2) is 0 Å². The number of likely N-dealkylation sites (tertiary alicyclic amines) is 1. The van der Waals surface area contributed by atoms with Crippen molar-refractivity contribution in [1.29, 1.82) is 0 Å². The van der Waals surface area contributed by atoms with Gasteiger partial charge in [-0.1, -0.05) is 68.2 Å². The summed E-state index contributed by atoms with van der Waals surface area (Å²) in [6, 6.07) is 1.18. The number of carbonyl (C=O) groups excluding carboxylic acids is 4. The third-order valence-corrected chi connectivity index (χ3v) is 7.65. The zero-order valence-electron chi connectivity index (χ0n) is 30.7. The monoisotopic (exact) mass is 634 g/mol. The molecule has 0 spiro atoms. The lowest BCUT2D eigenvalue weighted by molar-refractivity contribution is -0.136. The standard InChI is InChI=1S/C13H26N2O3.C6H11NO.C6H15N.C5H11NO2.C3H8/c1-6-10(3)13(11(7-2)18-5)15(4)12(17)8-14-9-16;1-6-3-2-4-7(6)5-8;1-5(2)6(3)7-4;1-4(3-7)5(8)6-2;1-3-2/h9-11,13H,6-8H2,1-5H3,(H,14,16);5-6H,2-4H2,1H3;5-7H,1-4H3;4,7H,3H2,1-2H3,(H,6,8);3H2,1-2H3. The molecule has 11 nitrogen and oxygen atoms in total. The van der Waals surface area contributed by atoms with Crippen molar-refractivity contribution in [2.75, 3.05) is 47.9 Å². The van der Waals surface area contributed by atoms with Gasteiger partial charge in [-0.05, 0) is 52.0 Å². The minimum atomic E-state index is -0.278. The molecule has 4 amide bonds. The quantitative estimate of drug-likeness (QED) is 0.214. The molecule has 0 aromatic rings. The maximum absolute atomic E-state index is 11.9. The van der Waals surface area contributed by atoms with E-state index in [1.807, 2.05) is 18.9 Å². The number of methoxy groups -OCH3 is 1. The summed E-state index contributed by atoms with van der Waals surface area (Å²) in [5, 5.41) is 16.4. The molecule has 44 heavy (non-hydrogen) atoms. The van der Waals surface area contributed by atoms with E-state index in [0.29, 0.717) is 24.4 Å². The maximum atomic E-state index is 11.9. The normalized spacial score (nSPS) is 16.7. The molecule has 1 saturated heterocycles. The van der Waals surface area contributed by atoms with Gasteiger partial charge in [-0.3, -0.25) is 19.2 Å². The van der Waals surface area contributed by atoms with E-state index in [1.165, 1.54) is 19.3 Å². The summed E-state index contributed by atoms with van der Waals surface area (Å²) in [6.07, 6.45) is 6.94. The lowest BCUT2D eigenvalue weighted by Gasteiger charge is -2.37. The van der Waals surface area contributed by atoms with Crippen molar-refractivity contribution in [3.8, 4) is 0 Å². The van der Waals surface area contributed by atoms with E-state index >= 15 is 0 Å². The minimum absolute atomic E-state index is 0.0186. The molecule has 0 saturated carbocycles.